The number of hydrogen-bond donors (Lipinski definition) is 1. The third-order valence-electron chi connectivity index (χ3n) is 6.81. The molecule has 0 aliphatic carbocycles. The highest BCUT2D eigenvalue weighted by Gasteiger charge is 3.01. The van der Waals surface area contributed by atoms with Crippen LogP contribution in [0, 0.1) is 0 Å². The fourth-order valence-corrected chi connectivity index (χ4v) is 3.70. The van der Waals surface area contributed by atoms with Gasteiger partial charge in [-0.2, -0.15) is 145 Å². The summed E-state index contributed by atoms with van der Waals surface area (Å²) >= 11 is 0. The van der Waals surface area contributed by atoms with Crippen LogP contribution in [0.2, 0.25) is 0 Å². The molecule has 342 valence electrons. The highest BCUT2D eigenvalue weighted by Crippen LogP contribution is 2.70. The topological polar surface area (TPSA) is 69.6 Å². The van der Waals surface area contributed by atoms with Crippen molar-refractivity contribution in [2.75, 3.05) is 6.61 Å². The van der Waals surface area contributed by atoms with E-state index in [-0.39, 0.29) is 0 Å². The standard InChI is InChI=1S/C19H6F33O4P/c20-4(21,1-3(53)2-56-57(54)55)5(22,23)6(24,25)7(26,27)8(28,29)9(30,31)10(32,33)11(34,35)12(36,37)13(38,39)14(40,41)15(42,43)16(44,45)17(46,47)18(48,49)19(50,51)52/h3,53H,1-2H2. The number of aliphatic hydroxyl groups excluding tert-OH is 1. The highest BCUT2D eigenvalue weighted by molar-refractivity contribution is 7.30. The van der Waals surface area contributed by atoms with Crippen LogP contribution in [0.3, 0.4) is 0 Å². The van der Waals surface area contributed by atoms with Gasteiger partial charge in [0, 0.05) is 6.42 Å². The van der Waals surface area contributed by atoms with Crippen LogP contribution in [0.25, 0.3) is 0 Å². The second-order valence-electron chi connectivity index (χ2n) is 10.6. The Kier molecular flexibility index (Phi) is 13.5. The molecule has 0 heterocycles. The predicted molar refractivity (Wildman–Crippen MR) is 104 cm³/mol. The third kappa shape index (κ3) is 7.04. The number of aliphatic hydroxyl groups is 1. The molecule has 0 aliphatic rings. The maximum atomic E-state index is 13.9. The molecule has 1 N–H and O–H groups in total. The minimum absolute atomic E-state index is 2.30. The summed E-state index contributed by atoms with van der Waals surface area (Å²) in [5.41, 5.74) is 0. The van der Waals surface area contributed by atoms with Gasteiger partial charge in [0.2, 0.25) is 0 Å². The van der Waals surface area contributed by atoms with Crippen molar-refractivity contribution in [1.29, 1.82) is 0 Å². The fraction of sp³-hybridized carbons (Fsp3) is 1.00. The molecule has 0 aromatic heterocycles. The van der Waals surface area contributed by atoms with Crippen LogP contribution < -0.4 is 4.89 Å². The molecule has 0 aromatic carbocycles. The van der Waals surface area contributed by atoms with E-state index in [2.05, 4.69) is 4.52 Å². The lowest BCUT2D eigenvalue weighted by atomic mass is 9.82. The number of halogens is 33. The lowest BCUT2D eigenvalue weighted by molar-refractivity contribution is -0.491. The van der Waals surface area contributed by atoms with Gasteiger partial charge in [-0.3, -0.25) is 0 Å². The average molecular weight is 956 g/mol. The molecule has 0 aromatic rings. The minimum atomic E-state index is -10.3. The predicted octanol–water partition coefficient (Wildman–Crippen LogP) is 9.86. The summed E-state index contributed by atoms with van der Waals surface area (Å²) in [6.45, 7) is -2.30. The van der Waals surface area contributed by atoms with E-state index in [0.717, 1.165) is 0 Å². The summed E-state index contributed by atoms with van der Waals surface area (Å²) < 4.78 is 461. The smallest absolute Gasteiger partial charge is 0.488 e. The van der Waals surface area contributed by atoms with Crippen LogP contribution in [0.4, 0.5) is 145 Å². The summed E-state index contributed by atoms with van der Waals surface area (Å²) in [4.78, 5) is 10.1. The Morgan fingerprint density at radius 3 is 0.719 bits per heavy atom. The van der Waals surface area contributed by atoms with Gasteiger partial charge in [0.1, 0.15) is 6.61 Å². The maximum Gasteiger partial charge on any atom is 0.488 e. The molecule has 0 aliphatic heterocycles. The first-order chi connectivity index (χ1) is 24.1. The molecule has 57 heavy (non-hydrogen) atoms. The van der Waals surface area contributed by atoms with E-state index in [1.165, 1.54) is 0 Å². The van der Waals surface area contributed by atoms with Crippen LogP contribution >= 0.6 is 8.25 Å². The minimum Gasteiger partial charge on any atom is -0.566 e. The van der Waals surface area contributed by atoms with Crippen LogP contribution in [0.1, 0.15) is 6.42 Å². The molecule has 4 nitrogen and oxygen atoms in total. The van der Waals surface area contributed by atoms with E-state index >= 15 is 0 Å². The van der Waals surface area contributed by atoms with Crippen molar-refractivity contribution in [2.24, 2.45) is 0 Å². The van der Waals surface area contributed by atoms with Crippen molar-refractivity contribution in [3.8, 4) is 0 Å². The Morgan fingerprint density at radius 2 is 0.544 bits per heavy atom. The van der Waals surface area contributed by atoms with Crippen LogP contribution in [-0.2, 0) is 9.09 Å². The zero-order valence-electron chi connectivity index (χ0n) is 24.6. The van der Waals surface area contributed by atoms with Gasteiger partial charge in [0.25, 0.3) is 0 Å². The lowest BCUT2D eigenvalue weighted by Gasteiger charge is -2.47. The Hall–Kier alpha value is -2.33. The van der Waals surface area contributed by atoms with Crippen molar-refractivity contribution >= 4 is 8.25 Å². The molecule has 0 bridgehead atoms. The molecule has 0 radical (unpaired) electrons. The monoisotopic (exact) mass is 956 g/mol. The Balaban J connectivity index is 7.61. The molecule has 2 unspecified atom stereocenters. The maximum absolute atomic E-state index is 13.9. The van der Waals surface area contributed by atoms with E-state index in [9.17, 15) is 154 Å². The van der Waals surface area contributed by atoms with Crippen molar-refractivity contribution in [3.63, 3.8) is 0 Å². The van der Waals surface area contributed by atoms with Gasteiger partial charge in [0.15, 0.2) is 0 Å². The zero-order chi connectivity index (χ0) is 47.3. The third-order valence-corrected chi connectivity index (χ3v) is 7.17. The quantitative estimate of drug-likeness (QED) is 0.104. The fourth-order valence-electron chi connectivity index (χ4n) is 3.40. The first kappa shape index (κ1) is 54.7. The Morgan fingerprint density at radius 1 is 0.368 bits per heavy atom. The van der Waals surface area contributed by atoms with Crippen LogP contribution in [-0.4, -0.2) is 113 Å². The first-order valence-electron chi connectivity index (χ1n) is 12.3. The summed E-state index contributed by atoms with van der Waals surface area (Å²) in [5.74, 6) is -144. The van der Waals surface area contributed by atoms with E-state index < -0.39 is 122 Å². The highest BCUT2D eigenvalue weighted by atomic mass is 31.1. The first-order valence-corrected chi connectivity index (χ1v) is 13.3. The van der Waals surface area contributed by atoms with Gasteiger partial charge in [-0.05, 0) is 4.57 Å². The zero-order valence-corrected chi connectivity index (χ0v) is 25.5. The SMILES string of the molecule is O=[P+]([O-])OCC(O)CC(F)(F)C(F)(F)C(F)(F)C(F)(F)C(F)(F)C(F)(F)C(F)(F)C(F)(F)C(F)(F)C(F)(F)C(F)(F)C(F)(F)C(F)(F)C(F)(F)C(F)(F)C(F)(F)F. The van der Waals surface area contributed by atoms with E-state index in [4.69, 9.17) is 5.11 Å². The van der Waals surface area contributed by atoms with Crippen molar-refractivity contribution in [1.82, 2.24) is 0 Å². The summed E-state index contributed by atoms with van der Waals surface area (Å²) in [5, 5.41) is 8.87. The molecule has 0 saturated heterocycles. The normalized spacial score (nSPS) is 17.6. The molecule has 0 fully saturated rings. The van der Waals surface area contributed by atoms with Gasteiger partial charge in [0.05, 0.1) is 6.10 Å². The van der Waals surface area contributed by atoms with Crippen molar-refractivity contribution in [3.05, 3.63) is 0 Å². The largest absolute Gasteiger partial charge is 0.566 e. The van der Waals surface area contributed by atoms with Gasteiger partial charge >= 0.3 is 103 Å². The molecule has 0 rings (SSSR count). The molecular formula is C19H6F33O4P. The molecule has 0 saturated carbocycles. The van der Waals surface area contributed by atoms with E-state index in [1.54, 1.807) is 0 Å². The van der Waals surface area contributed by atoms with Gasteiger partial charge < -0.3 is 10.00 Å². The van der Waals surface area contributed by atoms with Crippen molar-refractivity contribution in [2.45, 2.75) is 108 Å². The number of hydrogen-bond acceptors (Lipinski definition) is 4. The average Bonchev–Trinajstić information content (AvgIpc) is 2.97. The Bertz CT molecular complexity index is 1460. The second kappa shape index (κ2) is 14.1. The molecule has 0 amide bonds. The second-order valence-corrected chi connectivity index (χ2v) is 11.3. The summed E-state index contributed by atoms with van der Waals surface area (Å²) in [6.07, 6.45) is -15.8. The van der Waals surface area contributed by atoms with Gasteiger partial charge in [-0.15, -0.1) is 4.52 Å². The van der Waals surface area contributed by atoms with Gasteiger partial charge in [-0.1, -0.05) is 0 Å². The summed E-state index contributed by atoms with van der Waals surface area (Å²) in [6, 6.07) is 0. The Labute approximate surface area is 287 Å². The lowest BCUT2D eigenvalue weighted by Crippen LogP contribution is -2.80. The number of alkyl halides is 33. The molecule has 0 spiro atoms. The van der Waals surface area contributed by atoms with Crippen molar-refractivity contribution < 1.29 is 164 Å². The van der Waals surface area contributed by atoms with E-state index in [1.807, 2.05) is 0 Å². The molecule has 38 heteroatoms. The molecule has 2 atom stereocenters. The van der Waals surface area contributed by atoms with Crippen LogP contribution in [0.5, 0.6) is 0 Å². The summed E-state index contributed by atoms with van der Waals surface area (Å²) in [7, 11) is -4.32. The van der Waals surface area contributed by atoms with Gasteiger partial charge in [-0.25, -0.2) is 0 Å². The van der Waals surface area contributed by atoms with E-state index in [0.29, 0.717) is 0 Å². The molecular weight excluding hydrogens is 950 g/mol. The number of rotatable bonds is 19. The van der Waals surface area contributed by atoms with Crippen LogP contribution in [0.15, 0.2) is 0 Å².